The van der Waals surface area contributed by atoms with Crippen molar-refractivity contribution in [1.29, 1.82) is 0 Å². The van der Waals surface area contributed by atoms with E-state index in [0.29, 0.717) is 6.42 Å². The van der Waals surface area contributed by atoms with Gasteiger partial charge in [-0.2, -0.15) is 0 Å². The van der Waals surface area contributed by atoms with Crippen molar-refractivity contribution in [3.8, 4) is 0 Å². The van der Waals surface area contributed by atoms with Crippen LogP contribution in [-0.4, -0.2) is 35.5 Å². The largest absolute Gasteiger partial charge is 0.456 e. The number of aryl methyl sites for hydroxylation is 1. The second kappa shape index (κ2) is 9.92. The van der Waals surface area contributed by atoms with Crippen molar-refractivity contribution < 1.29 is 19.1 Å². The molecule has 1 saturated carbocycles. The molecule has 0 saturated heterocycles. The topological polar surface area (TPSA) is 100 Å². The Balaban J connectivity index is 1.31. The first-order chi connectivity index (χ1) is 13.6. The lowest BCUT2D eigenvalue weighted by atomic mass is 9.96. The van der Waals surface area contributed by atoms with Crippen LogP contribution in [0.3, 0.4) is 0 Å². The minimum atomic E-state index is -0.613. The van der Waals surface area contributed by atoms with Crippen molar-refractivity contribution in [1.82, 2.24) is 15.6 Å². The van der Waals surface area contributed by atoms with Crippen molar-refractivity contribution in [2.45, 2.75) is 57.4 Å². The summed E-state index contributed by atoms with van der Waals surface area (Å²) >= 11 is 0. The average Bonchev–Trinajstić information content (AvgIpc) is 3.10. The molecule has 0 radical (unpaired) electrons. The maximum Gasteiger partial charge on any atom is 0.321 e. The standard InChI is InChI=1S/C21H27N3O4/c25-19(24-21(27)23-16-8-2-1-3-9-16)14-28-20(26)12-6-7-15-13-22-18-11-5-4-10-17(15)18/h4-5,10-11,13,16,22H,1-3,6-9,12,14H2,(H2,23,24,25,27). The van der Waals surface area contributed by atoms with Crippen LogP contribution >= 0.6 is 0 Å². The van der Waals surface area contributed by atoms with Crippen LogP contribution in [-0.2, 0) is 20.7 Å². The van der Waals surface area contributed by atoms with Crippen LogP contribution in [0.2, 0.25) is 0 Å². The molecular weight excluding hydrogens is 358 g/mol. The molecule has 150 valence electrons. The highest BCUT2D eigenvalue weighted by molar-refractivity contribution is 5.95. The van der Waals surface area contributed by atoms with Crippen LogP contribution in [0.4, 0.5) is 4.79 Å². The summed E-state index contributed by atoms with van der Waals surface area (Å²) < 4.78 is 4.96. The number of hydrogen-bond acceptors (Lipinski definition) is 4. The summed E-state index contributed by atoms with van der Waals surface area (Å²) in [6.07, 6.45) is 8.80. The van der Waals surface area contributed by atoms with Crippen LogP contribution in [0.15, 0.2) is 30.5 Å². The highest BCUT2D eigenvalue weighted by Gasteiger charge is 2.17. The molecule has 7 nitrogen and oxygen atoms in total. The molecule has 0 spiro atoms. The lowest BCUT2D eigenvalue weighted by Crippen LogP contribution is -2.46. The number of carbonyl (C=O) groups excluding carboxylic acids is 3. The van der Waals surface area contributed by atoms with E-state index in [9.17, 15) is 14.4 Å². The second-order valence-electron chi connectivity index (χ2n) is 7.23. The summed E-state index contributed by atoms with van der Waals surface area (Å²) in [6.45, 7) is -0.440. The van der Waals surface area contributed by atoms with E-state index in [1.54, 1.807) is 0 Å². The number of hydrogen-bond donors (Lipinski definition) is 3. The lowest BCUT2D eigenvalue weighted by molar-refractivity contribution is -0.148. The van der Waals surface area contributed by atoms with Gasteiger partial charge in [0, 0.05) is 29.6 Å². The molecule has 3 N–H and O–H groups in total. The Labute approximate surface area is 164 Å². The number of urea groups is 1. The van der Waals surface area contributed by atoms with Gasteiger partial charge in [0.15, 0.2) is 6.61 Å². The predicted molar refractivity (Wildman–Crippen MR) is 106 cm³/mol. The lowest BCUT2D eigenvalue weighted by Gasteiger charge is -2.22. The summed E-state index contributed by atoms with van der Waals surface area (Å²) in [5.41, 5.74) is 2.23. The van der Waals surface area contributed by atoms with E-state index >= 15 is 0 Å². The normalized spacial score (nSPS) is 14.6. The average molecular weight is 385 g/mol. The van der Waals surface area contributed by atoms with Gasteiger partial charge in [-0.05, 0) is 37.3 Å². The van der Waals surface area contributed by atoms with Gasteiger partial charge in [0.25, 0.3) is 5.91 Å². The Kier molecular flexibility index (Phi) is 7.06. The van der Waals surface area contributed by atoms with Crippen molar-refractivity contribution in [3.05, 3.63) is 36.0 Å². The number of aromatic amines is 1. The molecular formula is C21H27N3O4. The van der Waals surface area contributed by atoms with Crippen LogP contribution in [0.5, 0.6) is 0 Å². The fourth-order valence-electron chi connectivity index (χ4n) is 3.61. The number of para-hydroxylation sites is 1. The Morgan fingerprint density at radius 1 is 1.11 bits per heavy atom. The first kappa shape index (κ1) is 19.9. The number of esters is 1. The van der Waals surface area contributed by atoms with Gasteiger partial charge in [-0.3, -0.25) is 14.9 Å². The van der Waals surface area contributed by atoms with E-state index < -0.39 is 24.5 Å². The molecule has 0 aliphatic heterocycles. The SMILES string of the molecule is O=C(COC(=O)CCCc1c[nH]c2ccccc12)NC(=O)NC1CCCCC1. The number of amides is 3. The molecule has 2 aromatic rings. The van der Waals surface area contributed by atoms with E-state index in [0.717, 1.165) is 48.6 Å². The first-order valence-electron chi connectivity index (χ1n) is 9.93. The number of benzene rings is 1. The molecule has 1 aromatic carbocycles. The third-order valence-electron chi connectivity index (χ3n) is 5.06. The van der Waals surface area contributed by atoms with Crippen molar-refractivity contribution in [2.75, 3.05) is 6.61 Å². The summed E-state index contributed by atoms with van der Waals surface area (Å²) in [4.78, 5) is 38.6. The first-order valence-corrected chi connectivity index (χ1v) is 9.93. The molecule has 1 aromatic heterocycles. The molecule has 7 heteroatoms. The maximum absolute atomic E-state index is 11.8. The van der Waals surface area contributed by atoms with Crippen molar-refractivity contribution >= 4 is 28.8 Å². The highest BCUT2D eigenvalue weighted by atomic mass is 16.5. The van der Waals surface area contributed by atoms with Gasteiger partial charge in [-0.1, -0.05) is 37.5 Å². The third kappa shape index (κ3) is 5.84. The number of aromatic nitrogens is 1. The van der Waals surface area contributed by atoms with Crippen LogP contribution in [0.1, 0.15) is 50.5 Å². The number of fused-ring (bicyclic) bond motifs is 1. The van der Waals surface area contributed by atoms with Crippen molar-refractivity contribution in [3.63, 3.8) is 0 Å². The Bertz CT molecular complexity index is 824. The Hall–Kier alpha value is -2.83. The fourth-order valence-corrected chi connectivity index (χ4v) is 3.61. The van der Waals surface area contributed by atoms with E-state index in [1.165, 1.54) is 6.42 Å². The fraction of sp³-hybridized carbons (Fsp3) is 0.476. The van der Waals surface area contributed by atoms with Crippen LogP contribution < -0.4 is 10.6 Å². The van der Waals surface area contributed by atoms with E-state index in [4.69, 9.17) is 4.74 Å². The molecule has 1 aliphatic rings. The molecule has 1 aliphatic carbocycles. The second-order valence-corrected chi connectivity index (χ2v) is 7.23. The minimum absolute atomic E-state index is 0.119. The molecule has 1 fully saturated rings. The smallest absolute Gasteiger partial charge is 0.321 e. The maximum atomic E-state index is 11.8. The minimum Gasteiger partial charge on any atom is -0.456 e. The van der Waals surface area contributed by atoms with Gasteiger partial charge in [-0.25, -0.2) is 4.79 Å². The Morgan fingerprint density at radius 3 is 2.71 bits per heavy atom. The summed E-state index contributed by atoms with van der Waals surface area (Å²) in [5, 5.41) is 6.15. The van der Waals surface area contributed by atoms with Gasteiger partial charge < -0.3 is 15.0 Å². The summed E-state index contributed by atoms with van der Waals surface area (Å²) in [7, 11) is 0. The van der Waals surface area contributed by atoms with E-state index in [-0.39, 0.29) is 12.5 Å². The van der Waals surface area contributed by atoms with Crippen molar-refractivity contribution in [2.24, 2.45) is 0 Å². The van der Waals surface area contributed by atoms with Gasteiger partial charge in [-0.15, -0.1) is 0 Å². The van der Waals surface area contributed by atoms with E-state index in [1.807, 2.05) is 30.5 Å². The number of nitrogens with one attached hydrogen (secondary N) is 3. The molecule has 3 rings (SSSR count). The third-order valence-corrected chi connectivity index (χ3v) is 5.06. The zero-order valence-electron chi connectivity index (χ0n) is 16.0. The highest BCUT2D eigenvalue weighted by Crippen LogP contribution is 2.19. The number of rotatable bonds is 7. The number of ether oxygens (including phenoxy) is 1. The zero-order valence-corrected chi connectivity index (χ0v) is 16.0. The number of imide groups is 1. The van der Waals surface area contributed by atoms with Gasteiger partial charge in [0.1, 0.15) is 0 Å². The quantitative estimate of drug-likeness (QED) is 0.637. The summed E-state index contributed by atoms with van der Waals surface area (Å²) in [5.74, 6) is -1.05. The number of H-pyrrole nitrogens is 1. The van der Waals surface area contributed by atoms with Crippen LogP contribution in [0.25, 0.3) is 10.9 Å². The molecule has 3 amide bonds. The van der Waals surface area contributed by atoms with E-state index in [2.05, 4.69) is 15.6 Å². The predicted octanol–water partition coefficient (Wildman–Crippen LogP) is 3.19. The van der Waals surface area contributed by atoms with Gasteiger partial charge >= 0.3 is 12.0 Å². The molecule has 1 heterocycles. The molecule has 0 bridgehead atoms. The summed E-state index contributed by atoms with van der Waals surface area (Å²) in [6, 6.07) is 7.61. The molecule has 28 heavy (non-hydrogen) atoms. The monoisotopic (exact) mass is 385 g/mol. The number of carbonyl (C=O) groups is 3. The van der Waals surface area contributed by atoms with Gasteiger partial charge in [0.2, 0.25) is 0 Å². The molecule has 0 atom stereocenters. The van der Waals surface area contributed by atoms with Crippen LogP contribution in [0, 0.1) is 0 Å². The zero-order chi connectivity index (χ0) is 19.8. The molecule has 0 unspecified atom stereocenters. The van der Waals surface area contributed by atoms with Gasteiger partial charge in [0.05, 0.1) is 0 Å². The Morgan fingerprint density at radius 2 is 1.89 bits per heavy atom.